The zero-order chi connectivity index (χ0) is 34.1. The number of carbonyl (C=O) groups is 3. The van der Waals surface area contributed by atoms with Gasteiger partial charge in [-0.25, -0.2) is 4.79 Å². The number of hydrogen-bond donors (Lipinski definition) is 2. The number of nitrogens with zero attached hydrogens (tertiary/aromatic N) is 2. The first-order valence-electron chi connectivity index (χ1n) is 15.3. The third-order valence-electron chi connectivity index (χ3n) is 9.32. The minimum Gasteiger partial charge on any atom is -0.495 e. The lowest BCUT2D eigenvalue weighted by Crippen LogP contribution is -2.63. The van der Waals surface area contributed by atoms with Gasteiger partial charge in [0.25, 0.3) is 0 Å². The molecule has 4 bridgehead atoms. The van der Waals surface area contributed by atoms with Crippen LogP contribution in [0.4, 0.5) is 10.5 Å². The van der Waals surface area contributed by atoms with Crippen molar-refractivity contribution in [3.63, 3.8) is 0 Å². The number of nitrogens with one attached hydrogen (secondary N) is 1. The number of amides is 2. The fraction of sp³-hybridized carbons (Fsp3) is 0.606. The Kier molecular flexibility index (Phi) is 10.8. The fourth-order valence-electron chi connectivity index (χ4n) is 6.05. The quantitative estimate of drug-likeness (QED) is 0.355. The van der Waals surface area contributed by atoms with Crippen LogP contribution in [0.15, 0.2) is 35.9 Å². The molecule has 12 nitrogen and oxygen atoms in total. The molecule has 3 heterocycles. The van der Waals surface area contributed by atoms with Crippen LogP contribution < -0.4 is 15.0 Å². The number of likely N-dealkylation sites (N-methyl/N-ethyl adjacent to an activating group) is 1. The van der Waals surface area contributed by atoms with Gasteiger partial charge in [0, 0.05) is 26.5 Å². The molecule has 1 aromatic rings. The Morgan fingerprint density at radius 3 is 2.59 bits per heavy atom. The smallest absolute Gasteiger partial charge is 0.409 e. The van der Waals surface area contributed by atoms with Gasteiger partial charge in [0.05, 0.1) is 25.3 Å². The molecule has 0 saturated carbocycles. The van der Waals surface area contributed by atoms with E-state index in [4.69, 9.17) is 35.3 Å². The van der Waals surface area contributed by atoms with Crippen LogP contribution in [0.1, 0.15) is 46.1 Å². The Morgan fingerprint density at radius 2 is 1.96 bits per heavy atom. The van der Waals surface area contributed by atoms with Gasteiger partial charge in [-0.2, -0.15) is 0 Å². The molecular weight excluding hydrogens is 618 g/mol. The van der Waals surface area contributed by atoms with Crippen LogP contribution in [0.25, 0.3) is 0 Å². The average molecular weight is 664 g/mol. The molecule has 0 aliphatic carbocycles. The van der Waals surface area contributed by atoms with E-state index >= 15 is 0 Å². The summed E-state index contributed by atoms with van der Waals surface area (Å²) in [6, 6.07) is 3.04. The van der Waals surface area contributed by atoms with Crippen molar-refractivity contribution in [1.82, 2.24) is 10.2 Å². The van der Waals surface area contributed by atoms with E-state index in [2.05, 4.69) is 5.32 Å². The van der Waals surface area contributed by atoms with E-state index in [-0.39, 0.29) is 23.8 Å². The van der Waals surface area contributed by atoms with Crippen molar-refractivity contribution < 1.29 is 43.2 Å². The third-order valence-corrected chi connectivity index (χ3v) is 9.70. The van der Waals surface area contributed by atoms with Crippen LogP contribution >= 0.6 is 11.6 Å². The molecule has 2 fully saturated rings. The lowest BCUT2D eigenvalue weighted by molar-refractivity contribution is -0.158. The molecule has 3 aliphatic rings. The summed E-state index contributed by atoms with van der Waals surface area (Å²) < 4.78 is 29.0. The standard InChI is InChI=1S/C33H46ClN3O9/c1-18-11-10-12-25(43-9)33(41)17-24(44-31(40)35-33)19(2)29-32(4,46-29)26(45-30(39)20(3)36(5)6)16-27(38)37(7)22-14-21(13-18)15-23(42-8)28(22)34/h10-12,14-15,19-20,24-26,29,41H,13,16-17H2,1-9H3,(H,35,40)/b12-10+,18-11+/t19-,20+,24+,25-,26+,29?,32+,33+/m1/s1. The second-order valence-corrected chi connectivity index (χ2v) is 13.2. The highest BCUT2D eigenvalue weighted by Crippen LogP contribution is 2.49. The maximum Gasteiger partial charge on any atom is 0.409 e. The number of aliphatic hydroxyl groups is 1. The number of allylic oxidation sites excluding steroid dienone is 3. The van der Waals surface area contributed by atoms with E-state index in [9.17, 15) is 19.5 Å². The highest BCUT2D eigenvalue weighted by molar-refractivity contribution is 6.35. The summed E-state index contributed by atoms with van der Waals surface area (Å²) in [6.45, 7) is 7.25. The number of anilines is 1. The summed E-state index contributed by atoms with van der Waals surface area (Å²) in [5, 5.41) is 14.4. The number of epoxide rings is 1. The predicted molar refractivity (Wildman–Crippen MR) is 172 cm³/mol. The number of esters is 1. The first kappa shape index (κ1) is 35.7. The summed E-state index contributed by atoms with van der Waals surface area (Å²) in [5.74, 6) is -0.933. The summed E-state index contributed by atoms with van der Waals surface area (Å²) in [4.78, 5) is 43.0. The predicted octanol–water partition coefficient (Wildman–Crippen LogP) is 3.62. The summed E-state index contributed by atoms with van der Waals surface area (Å²) in [6.07, 6.45) is 1.53. The van der Waals surface area contributed by atoms with Crippen molar-refractivity contribution in [2.24, 2.45) is 5.92 Å². The number of rotatable bonds is 5. The average Bonchev–Trinajstić information content (AvgIpc) is 3.69. The number of alkyl carbamates (subject to hydrolysis) is 1. The zero-order valence-electron chi connectivity index (χ0n) is 28.0. The van der Waals surface area contributed by atoms with Crippen molar-refractivity contribution >= 4 is 35.3 Å². The number of hydrogen-bond acceptors (Lipinski definition) is 10. The Balaban J connectivity index is 1.80. The van der Waals surface area contributed by atoms with Crippen LogP contribution in [0.5, 0.6) is 5.75 Å². The number of carbonyl (C=O) groups excluding carboxylic acids is 3. The highest BCUT2D eigenvalue weighted by atomic mass is 35.5. The number of benzene rings is 1. The topological polar surface area (TPSA) is 139 Å². The van der Waals surface area contributed by atoms with Gasteiger partial charge in [0.2, 0.25) is 5.91 Å². The lowest BCUT2D eigenvalue weighted by atomic mass is 9.83. The minimum absolute atomic E-state index is 0.00466. The Bertz CT molecular complexity index is 1400. The summed E-state index contributed by atoms with van der Waals surface area (Å²) >= 11 is 6.71. The van der Waals surface area contributed by atoms with E-state index in [0.717, 1.165) is 11.1 Å². The van der Waals surface area contributed by atoms with Crippen LogP contribution in [0.2, 0.25) is 5.02 Å². The maximum absolute atomic E-state index is 13.9. The molecule has 2 saturated heterocycles. The van der Waals surface area contributed by atoms with Gasteiger partial charge in [-0.3, -0.25) is 19.8 Å². The van der Waals surface area contributed by atoms with Crippen LogP contribution in [0, 0.1) is 5.92 Å². The Labute approximate surface area is 275 Å². The van der Waals surface area contributed by atoms with E-state index < -0.39 is 59.8 Å². The number of ether oxygens (including phenoxy) is 5. The number of halogens is 1. The van der Waals surface area contributed by atoms with Gasteiger partial charge in [-0.05, 0) is 59.0 Å². The largest absolute Gasteiger partial charge is 0.495 e. The van der Waals surface area contributed by atoms with E-state index in [1.165, 1.54) is 19.1 Å². The fourth-order valence-corrected chi connectivity index (χ4v) is 6.37. The molecule has 1 aromatic carbocycles. The van der Waals surface area contributed by atoms with Crippen molar-refractivity contribution in [2.75, 3.05) is 40.3 Å². The molecule has 13 heteroatoms. The number of methoxy groups -OCH3 is 2. The van der Waals surface area contributed by atoms with Gasteiger partial charge in [-0.15, -0.1) is 0 Å². The van der Waals surface area contributed by atoms with Crippen molar-refractivity contribution in [3.05, 3.63) is 46.5 Å². The van der Waals surface area contributed by atoms with Crippen LogP contribution in [-0.2, 0) is 35.0 Å². The molecule has 0 aromatic heterocycles. The molecule has 2 amide bonds. The van der Waals surface area contributed by atoms with Crippen LogP contribution in [-0.4, -0.2) is 105 Å². The first-order valence-corrected chi connectivity index (χ1v) is 15.7. The van der Waals surface area contributed by atoms with Crippen molar-refractivity contribution in [3.8, 4) is 5.75 Å². The van der Waals surface area contributed by atoms with Crippen molar-refractivity contribution in [1.29, 1.82) is 0 Å². The summed E-state index contributed by atoms with van der Waals surface area (Å²) in [5.41, 5.74) is -0.642. The van der Waals surface area contributed by atoms with Gasteiger partial charge in [-0.1, -0.05) is 42.3 Å². The molecule has 4 rings (SSSR count). The van der Waals surface area contributed by atoms with Gasteiger partial charge in [0.15, 0.2) is 5.72 Å². The Hall–Kier alpha value is -3.16. The lowest BCUT2D eigenvalue weighted by Gasteiger charge is -2.42. The second-order valence-electron chi connectivity index (χ2n) is 12.9. The first-order chi connectivity index (χ1) is 21.5. The molecule has 254 valence electrons. The van der Waals surface area contributed by atoms with Crippen LogP contribution in [0.3, 0.4) is 0 Å². The van der Waals surface area contributed by atoms with Gasteiger partial charge in [0.1, 0.15) is 40.7 Å². The third kappa shape index (κ3) is 7.36. The van der Waals surface area contributed by atoms with Gasteiger partial charge >= 0.3 is 12.1 Å². The molecule has 8 atom stereocenters. The zero-order valence-corrected chi connectivity index (χ0v) is 28.7. The monoisotopic (exact) mass is 663 g/mol. The molecule has 3 aliphatic heterocycles. The SMILES string of the molecule is COc1cc2cc(c1Cl)N(C)C(=O)C[C@H](OC(=O)[C@H](C)N(C)C)[C@]1(C)OC1[C@H](C)[C@@H]1C[C@@](O)(NC(=O)O1)[C@H](OC)/C=C/C=C(\C)C2. The summed E-state index contributed by atoms with van der Waals surface area (Å²) in [7, 11) is 8.07. The van der Waals surface area contributed by atoms with E-state index in [0.29, 0.717) is 17.9 Å². The minimum atomic E-state index is -1.78. The van der Waals surface area contributed by atoms with Crippen molar-refractivity contribution in [2.45, 2.75) is 88.7 Å². The molecule has 0 radical (unpaired) electrons. The molecular formula is C33H46ClN3O9. The molecule has 1 unspecified atom stereocenters. The van der Waals surface area contributed by atoms with E-state index in [1.54, 1.807) is 52.0 Å². The molecule has 0 spiro atoms. The molecule has 2 N–H and O–H groups in total. The Morgan fingerprint density at radius 1 is 1.26 bits per heavy atom. The van der Waals surface area contributed by atoms with E-state index in [1.807, 2.05) is 32.1 Å². The van der Waals surface area contributed by atoms with Gasteiger partial charge < -0.3 is 33.7 Å². The maximum atomic E-state index is 13.9. The normalized spacial score (nSPS) is 34.4. The molecule has 46 heavy (non-hydrogen) atoms. The second kappa shape index (κ2) is 13.9. The highest BCUT2D eigenvalue weighted by Gasteiger charge is 2.64. The number of fused-ring (bicyclic) bond motifs is 5.